The number of rotatable bonds is 2. The summed E-state index contributed by atoms with van der Waals surface area (Å²) >= 11 is 3.20. The smallest absolute Gasteiger partial charge is 0.286 e. The van der Waals surface area contributed by atoms with Gasteiger partial charge in [0, 0.05) is 17.7 Å². The van der Waals surface area contributed by atoms with Crippen LogP contribution in [-0.2, 0) is 7.05 Å². The lowest BCUT2D eigenvalue weighted by atomic mass is 10.2. The zero-order valence-electron chi connectivity index (χ0n) is 10.8. The van der Waals surface area contributed by atoms with E-state index in [1.807, 2.05) is 5.43 Å². The van der Waals surface area contributed by atoms with Gasteiger partial charge in [0.2, 0.25) is 0 Å². The molecule has 0 aliphatic rings. The van der Waals surface area contributed by atoms with Gasteiger partial charge in [-0.15, -0.1) is 0 Å². The van der Waals surface area contributed by atoms with E-state index in [-0.39, 0.29) is 5.69 Å². The number of amides is 2. The second-order valence-corrected chi connectivity index (χ2v) is 5.08. The standard InChI is InChI=1S/C13H10BrF2N3O2/c1-19-6-7(14)5-10(19)12(20)17-18-13(21)11-8(15)3-2-4-9(11)16/h2-6H,1H3,(H,17,20)(H,18,21). The van der Waals surface area contributed by atoms with Gasteiger partial charge in [0.15, 0.2) is 0 Å². The van der Waals surface area contributed by atoms with E-state index in [0.29, 0.717) is 4.47 Å². The van der Waals surface area contributed by atoms with Crippen LogP contribution in [0.4, 0.5) is 8.78 Å². The van der Waals surface area contributed by atoms with Crippen molar-refractivity contribution in [1.82, 2.24) is 15.4 Å². The Kier molecular flexibility index (Phi) is 4.37. The van der Waals surface area contributed by atoms with Gasteiger partial charge in [-0.05, 0) is 34.1 Å². The van der Waals surface area contributed by atoms with Gasteiger partial charge in [-0.1, -0.05) is 6.07 Å². The van der Waals surface area contributed by atoms with Crippen LogP contribution in [0.15, 0.2) is 34.9 Å². The minimum absolute atomic E-state index is 0.260. The lowest BCUT2D eigenvalue weighted by molar-refractivity contribution is 0.0837. The molecule has 2 aromatic rings. The molecule has 110 valence electrons. The summed E-state index contributed by atoms with van der Waals surface area (Å²) in [6.07, 6.45) is 1.65. The fraction of sp³-hybridized carbons (Fsp3) is 0.0769. The van der Waals surface area contributed by atoms with Gasteiger partial charge in [-0.2, -0.15) is 0 Å². The van der Waals surface area contributed by atoms with E-state index in [1.165, 1.54) is 10.6 Å². The number of hydrogen-bond donors (Lipinski definition) is 2. The minimum Gasteiger partial charge on any atom is -0.345 e. The number of nitrogens with zero attached hydrogens (tertiary/aromatic N) is 1. The van der Waals surface area contributed by atoms with Crippen molar-refractivity contribution in [2.45, 2.75) is 0 Å². The molecule has 0 spiro atoms. The van der Waals surface area contributed by atoms with Crippen molar-refractivity contribution in [1.29, 1.82) is 0 Å². The predicted octanol–water partition coefficient (Wildman–Crippen LogP) is 2.14. The number of nitrogens with one attached hydrogen (secondary N) is 2. The summed E-state index contributed by atoms with van der Waals surface area (Å²) < 4.78 is 29.0. The first kappa shape index (κ1) is 15.2. The maximum absolute atomic E-state index is 13.4. The molecule has 21 heavy (non-hydrogen) atoms. The lowest BCUT2D eigenvalue weighted by Gasteiger charge is -2.09. The summed E-state index contributed by atoms with van der Waals surface area (Å²) in [7, 11) is 1.64. The van der Waals surface area contributed by atoms with E-state index in [9.17, 15) is 18.4 Å². The first-order chi connectivity index (χ1) is 9.90. The second-order valence-electron chi connectivity index (χ2n) is 4.16. The van der Waals surface area contributed by atoms with Crippen molar-refractivity contribution in [3.8, 4) is 0 Å². The molecule has 1 aromatic heterocycles. The average molecular weight is 358 g/mol. The Bertz CT molecular complexity index is 695. The van der Waals surface area contributed by atoms with Crippen molar-refractivity contribution in [2.24, 2.45) is 7.05 Å². The molecular formula is C13H10BrF2N3O2. The van der Waals surface area contributed by atoms with Crippen LogP contribution in [0, 0.1) is 11.6 Å². The molecule has 1 heterocycles. The Morgan fingerprint density at radius 2 is 1.71 bits per heavy atom. The fourth-order valence-corrected chi connectivity index (χ4v) is 2.23. The number of halogens is 3. The minimum atomic E-state index is -1.08. The van der Waals surface area contributed by atoms with E-state index in [0.717, 1.165) is 18.2 Å². The molecule has 8 heteroatoms. The first-order valence-electron chi connectivity index (χ1n) is 5.76. The van der Waals surface area contributed by atoms with E-state index >= 15 is 0 Å². The van der Waals surface area contributed by atoms with E-state index in [1.54, 1.807) is 13.2 Å². The van der Waals surface area contributed by atoms with Crippen LogP contribution < -0.4 is 10.9 Å². The Morgan fingerprint density at radius 3 is 2.24 bits per heavy atom. The lowest BCUT2D eigenvalue weighted by Crippen LogP contribution is -2.42. The Hall–Kier alpha value is -2.22. The van der Waals surface area contributed by atoms with Crippen molar-refractivity contribution in [3.63, 3.8) is 0 Å². The van der Waals surface area contributed by atoms with Crippen molar-refractivity contribution in [2.75, 3.05) is 0 Å². The van der Waals surface area contributed by atoms with Gasteiger partial charge in [0.05, 0.1) is 0 Å². The summed E-state index contributed by atoms with van der Waals surface area (Å²) in [4.78, 5) is 23.5. The third kappa shape index (κ3) is 3.27. The number of aryl methyl sites for hydroxylation is 1. The van der Waals surface area contributed by atoms with E-state index < -0.39 is 29.0 Å². The third-order valence-corrected chi connectivity index (χ3v) is 3.12. The highest BCUT2D eigenvalue weighted by Gasteiger charge is 2.18. The predicted molar refractivity (Wildman–Crippen MR) is 74.4 cm³/mol. The second kappa shape index (κ2) is 6.04. The van der Waals surface area contributed by atoms with Crippen molar-refractivity contribution < 1.29 is 18.4 Å². The molecule has 0 atom stereocenters. The third-order valence-electron chi connectivity index (χ3n) is 2.68. The molecule has 0 fully saturated rings. The first-order valence-corrected chi connectivity index (χ1v) is 6.56. The fourth-order valence-electron chi connectivity index (χ4n) is 1.70. The van der Waals surface area contributed by atoms with Crippen LogP contribution in [0.2, 0.25) is 0 Å². The highest BCUT2D eigenvalue weighted by molar-refractivity contribution is 9.10. The molecule has 2 rings (SSSR count). The zero-order chi connectivity index (χ0) is 15.6. The molecule has 0 aliphatic heterocycles. The normalized spacial score (nSPS) is 10.3. The van der Waals surface area contributed by atoms with Gasteiger partial charge in [-0.25, -0.2) is 8.78 Å². The number of hydrogen-bond acceptors (Lipinski definition) is 2. The van der Waals surface area contributed by atoms with E-state index in [2.05, 4.69) is 21.4 Å². The molecule has 2 amide bonds. The number of carbonyl (C=O) groups excluding carboxylic acids is 2. The molecule has 1 aromatic carbocycles. The SMILES string of the molecule is Cn1cc(Br)cc1C(=O)NNC(=O)c1c(F)cccc1F. The number of carbonyl (C=O) groups is 2. The number of benzene rings is 1. The van der Waals surface area contributed by atoms with E-state index in [4.69, 9.17) is 0 Å². The molecular weight excluding hydrogens is 348 g/mol. The van der Waals surface area contributed by atoms with Gasteiger partial charge < -0.3 is 4.57 Å². The van der Waals surface area contributed by atoms with Crippen LogP contribution in [0.25, 0.3) is 0 Å². The zero-order valence-corrected chi connectivity index (χ0v) is 12.4. The quantitative estimate of drug-likeness (QED) is 0.808. The number of aromatic nitrogens is 1. The Labute approximate surface area is 127 Å². The summed E-state index contributed by atoms with van der Waals surface area (Å²) in [6, 6.07) is 4.58. The van der Waals surface area contributed by atoms with Crippen LogP contribution in [-0.4, -0.2) is 16.4 Å². The highest BCUT2D eigenvalue weighted by atomic mass is 79.9. The van der Waals surface area contributed by atoms with Crippen LogP contribution >= 0.6 is 15.9 Å². The molecule has 0 unspecified atom stereocenters. The number of hydrazine groups is 1. The molecule has 0 radical (unpaired) electrons. The maximum atomic E-state index is 13.4. The van der Waals surface area contributed by atoms with Gasteiger partial charge >= 0.3 is 0 Å². The monoisotopic (exact) mass is 357 g/mol. The molecule has 0 saturated carbocycles. The van der Waals surface area contributed by atoms with Crippen LogP contribution in [0.5, 0.6) is 0 Å². The summed E-state index contributed by atoms with van der Waals surface area (Å²) in [5, 5.41) is 0. The molecule has 5 nitrogen and oxygen atoms in total. The van der Waals surface area contributed by atoms with Gasteiger partial charge in [-0.3, -0.25) is 20.4 Å². The Balaban J connectivity index is 2.08. The maximum Gasteiger partial charge on any atom is 0.286 e. The summed E-state index contributed by atoms with van der Waals surface area (Å²) in [5.41, 5.74) is 3.56. The van der Waals surface area contributed by atoms with Gasteiger partial charge in [0.25, 0.3) is 11.8 Å². The van der Waals surface area contributed by atoms with Gasteiger partial charge in [0.1, 0.15) is 22.9 Å². The van der Waals surface area contributed by atoms with Crippen molar-refractivity contribution >= 4 is 27.7 Å². The summed E-state index contributed by atoms with van der Waals surface area (Å²) in [5.74, 6) is -3.72. The molecule has 0 saturated heterocycles. The highest BCUT2D eigenvalue weighted by Crippen LogP contribution is 2.14. The average Bonchev–Trinajstić information content (AvgIpc) is 2.75. The Morgan fingerprint density at radius 1 is 1.14 bits per heavy atom. The van der Waals surface area contributed by atoms with Crippen molar-refractivity contribution in [3.05, 3.63) is 57.8 Å². The topological polar surface area (TPSA) is 63.1 Å². The molecule has 0 bridgehead atoms. The largest absolute Gasteiger partial charge is 0.345 e. The molecule has 2 N–H and O–H groups in total. The van der Waals surface area contributed by atoms with Crippen LogP contribution in [0.1, 0.15) is 20.8 Å². The van der Waals surface area contributed by atoms with Crippen LogP contribution in [0.3, 0.4) is 0 Å². The summed E-state index contributed by atoms with van der Waals surface area (Å²) in [6.45, 7) is 0. The molecule has 0 aliphatic carbocycles.